The van der Waals surface area contributed by atoms with E-state index < -0.39 is 6.04 Å². The molecule has 1 aliphatic heterocycles. The zero-order valence-electron chi connectivity index (χ0n) is 20.6. The summed E-state index contributed by atoms with van der Waals surface area (Å²) in [6.07, 6.45) is 2.13. The Morgan fingerprint density at radius 1 is 1.08 bits per heavy atom. The van der Waals surface area contributed by atoms with Crippen LogP contribution in [0.15, 0.2) is 81.8 Å². The first kappa shape index (κ1) is 24.4. The van der Waals surface area contributed by atoms with Gasteiger partial charge in [0.05, 0.1) is 12.3 Å². The second-order valence-electron chi connectivity index (χ2n) is 9.22. The lowest BCUT2D eigenvalue weighted by Crippen LogP contribution is -2.40. The normalized spacial score (nSPS) is 14.9. The lowest BCUT2D eigenvalue weighted by Gasteiger charge is -2.37. The third kappa shape index (κ3) is 5.28. The van der Waals surface area contributed by atoms with Gasteiger partial charge >= 0.3 is 0 Å². The van der Waals surface area contributed by atoms with Gasteiger partial charge in [-0.15, -0.1) is 0 Å². The van der Waals surface area contributed by atoms with Gasteiger partial charge in [-0.1, -0.05) is 18.2 Å². The van der Waals surface area contributed by atoms with Crippen molar-refractivity contribution < 1.29 is 27.6 Å². The van der Waals surface area contributed by atoms with Gasteiger partial charge in [0.2, 0.25) is 0 Å². The summed E-state index contributed by atoms with van der Waals surface area (Å²) in [5.41, 5.74) is 2.76. The standard InChI is InChI=1S/C29H27FN2O5/c1-18(2)31-28(33)25-12-11-23(37-25)17-36-22-10-7-19-13-14-32(29(34)26-4-3-15-35-26)27(24(19)16-22)20-5-8-21(30)9-6-20/h3-12,15-16,18,27H,13-14,17H2,1-2H3,(H,31,33). The van der Waals surface area contributed by atoms with Crippen molar-refractivity contribution in [1.82, 2.24) is 10.2 Å². The topological polar surface area (TPSA) is 84.9 Å². The van der Waals surface area contributed by atoms with Crippen LogP contribution >= 0.6 is 0 Å². The molecule has 5 rings (SSSR count). The second kappa shape index (κ2) is 10.3. The fraction of sp³-hybridized carbons (Fsp3) is 0.241. The van der Waals surface area contributed by atoms with Gasteiger partial charge in [-0.05, 0) is 85.5 Å². The van der Waals surface area contributed by atoms with Gasteiger partial charge in [-0.2, -0.15) is 0 Å². The number of benzene rings is 2. The maximum Gasteiger partial charge on any atom is 0.290 e. The van der Waals surface area contributed by atoms with E-state index in [0.717, 1.165) is 16.7 Å². The Morgan fingerprint density at radius 3 is 2.62 bits per heavy atom. The number of carbonyl (C=O) groups is 2. The van der Waals surface area contributed by atoms with Crippen molar-refractivity contribution >= 4 is 11.8 Å². The highest BCUT2D eigenvalue weighted by atomic mass is 19.1. The monoisotopic (exact) mass is 502 g/mol. The van der Waals surface area contributed by atoms with E-state index in [1.54, 1.807) is 41.3 Å². The Bertz CT molecular complexity index is 1390. The molecule has 8 heteroatoms. The minimum atomic E-state index is -0.444. The summed E-state index contributed by atoms with van der Waals surface area (Å²) in [5, 5.41) is 2.79. The molecule has 1 aliphatic rings. The van der Waals surface area contributed by atoms with Crippen LogP contribution in [0.5, 0.6) is 5.75 Å². The van der Waals surface area contributed by atoms with Gasteiger partial charge in [0.25, 0.3) is 11.8 Å². The Morgan fingerprint density at radius 2 is 1.89 bits per heavy atom. The van der Waals surface area contributed by atoms with Crippen LogP contribution in [-0.4, -0.2) is 29.3 Å². The van der Waals surface area contributed by atoms with Crippen LogP contribution in [0.1, 0.15) is 63.4 Å². The van der Waals surface area contributed by atoms with E-state index in [1.165, 1.54) is 18.4 Å². The second-order valence-corrected chi connectivity index (χ2v) is 9.22. The number of nitrogens with zero attached hydrogens (tertiary/aromatic N) is 1. The highest BCUT2D eigenvalue weighted by molar-refractivity contribution is 5.92. The summed E-state index contributed by atoms with van der Waals surface area (Å²) >= 11 is 0. The number of nitrogens with one attached hydrogen (secondary N) is 1. The van der Waals surface area contributed by atoms with Crippen molar-refractivity contribution in [3.63, 3.8) is 0 Å². The summed E-state index contributed by atoms with van der Waals surface area (Å²) in [6.45, 7) is 4.37. The first-order valence-electron chi connectivity index (χ1n) is 12.1. The molecule has 0 spiro atoms. The molecule has 1 N–H and O–H groups in total. The van der Waals surface area contributed by atoms with Gasteiger partial charge in [-0.25, -0.2) is 4.39 Å². The van der Waals surface area contributed by atoms with Crippen LogP contribution in [0.4, 0.5) is 4.39 Å². The summed E-state index contributed by atoms with van der Waals surface area (Å²) in [4.78, 5) is 27.2. The zero-order chi connectivity index (χ0) is 25.9. The largest absolute Gasteiger partial charge is 0.486 e. The average Bonchev–Trinajstić information content (AvgIpc) is 3.59. The number of rotatable bonds is 7. The minimum absolute atomic E-state index is 0.00100. The minimum Gasteiger partial charge on any atom is -0.486 e. The van der Waals surface area contributed by atoms with E-state index >= 15 is 0 Å². The van der Waals surface area contributed by atoms with Crippen LogP contribution < -0.4 is 10.1 Å². The molecule has 1 atom stereocenters. The Hall–Kier alpha value is -4.33. The third-order valence-electron chi connectivity index (χ3n) is 6.21. The molecule has 2 amide bonds. The van der Waals surface area contributed by atoms with Crippen LogP contribution in [0, 0.1) is 5.82 Å². The summed E-state index contributed by atoms with van der Waals surface area (Å²) < 4.78 is 30.7. The number of hydrogen-bond acceptors (Lipinski definition) is 5. The molecule has 0 aliphatic carbocycles. The zero-order valence-corrected chi connectivity index (χ0v) is 20.6. The van der Waals surface area contributed by atoms with Gasteiger partial charge in [0.1, 0.15) is 23.9 Å². The SMILES string of the molecule is CC(C)NC(=O)c1ccc(COc2ccc3c(c2)C(c2ccc(F)cc2)N(C(=O)c2ccco2)CC3)o1. The lowest BCUT2D eigenvalue weighted by atomic mass is 9.87. The Balaban J connectivity index is 1.41. The predicted octanol–water partition coefficient (Wildman–Crippen LogP) is 5.52. The average molecular weight is 503 g/mol. The molecule has 0 fully saturated rings. The van der Waals surface area contributed by atoms with Crippen molar-refractivity contribution in [1.29, 1.82) is 0 Å². The van der Waals surface area contributed by atoms with E-state index in [4.69, 9.17) is 13.6 Å². The number of furan rings is 2. The van der Waals surface area contributed by atoms with Crippen LogP contribution in [-0.2, 0) is 13.0 Å². The molecule has 4 aromatic rings. The van der Waals surface area contributed by atoms with Crippen molar-refractivity contribution in [2.24, 2.45) is 0 Å². The Labute approximate surface area is 213 Å². The lowest BCUT2D eigenvalue weighted by molar-refractivity contribution is 0.0661. The highest BCUT2D eigenvalue weighted by Crippen LogP contribution is 2.38. The molecule has 1 unspecified atom stereocenters. The molecular formula is C29H27FN2O5. The molecule has 7 nitrogen and oxygen atoms in total. The maximum atomic E-state index is 13.7. The molecular weight excluding hydrogens is 475 g/mol. The van der Waals surface area contributed by atoms with Crippen molar-refractivity contribution in [3.05, 3.63) is 113 Å². The number of fused-ring (bicyclic) bond motifs is 1. The first-order chi connectivity index (χ1) is 17.9. The number of hydrogen-bond donors (Lipinski definition) is 1. The van der Waals surface area contributed by atoms with Gasteiger partial charge in [0.15, 0.2) is 11.5 Å². The fourth-order valence-electron chi connectivity index (χ4n) is 4.51. The molecule has 0 saturated heterocycles. The third-order valence-corrected chi connectivity index (χ3v) is 6.21. The number of carbonyl (C=O) groups excluding carboxylic acids is 2. The summed E-state index contributed by atoms with van der Waals surface area (Å²) in [5.74, 6) is 0.705. The molecule has 190 valence electrons. The molecule has 2 aromatic heterocycles. The predicted molar refractivity (Wildman–Crippen MR) is 134 cm³/mol. The molecule has 0 bridgehead atoms. The van der Waals surface area contributed by atoms with Crippen LogP contribution in [0.3, 0.4) is 0 Å². The van der Waals surface area contributed by atoms with E-state index in [0.29, 0.717) is 24.5 Å². The maximum absolute atomic E-state index is 13.7. The molecule has 3 heterocycles. The van der Waals surface area contributed by atoms with Gasteiger partial charge < -0.3 is 23.8 Å². The van der Waals surface area contributed by atoms with Crippen LogP contribution in [0.25, 0.3) is 0 Å². The molecule has 37 heavy (non-hydrogen) atoms. The number of amides is 2. The van der Waals surface area contributed by atoms with E-state index in [9.17, 15) is 14.0 Å². The van der Waals surface area contributed by atoms with E-state index in [1.807, 2.05) is 32.0 Å². The van der Waals surface area contributed by atoms with Crippen molar-refractivity contribution in [2.45, 2.75) is 39.0 Å². The molecule has 2 aromatic carbocycles. The van der Waals surface area contributed by atoms with E-state index in [2.05, 4.69) is 5.32 Å². The Kier molecular flexibility index (Phi) is 6.81. The quantitative estimate of drug-likeness (QED) is 0.360. The highest BCUT2D eigenvalue weighted by Gasteiger charge is 2.34. The van der Waals surface area contributed by atoms with Crippen LogP contribution in [0.2, 0.25) is 0 Å². The fourth-order valence-corrected chi connectivity index (χ4v) is 4.51. The first-order valence-corrected chi connectivity index (χ1v) is 12.1. The van der Waals surface area contributed by atoms with E-state index in [-0.39, 0.29) is 41.8 Å². The molecule has 0 saturated carbocycles. The van der Waals surface area contributed by atoms with Crippen molar-refractivity contribution in [3.8, 4) is 5.75 Å². The summed E-state index contributed by atoms with van der Waals surface area (Å²) in [7, 11) is 0. The summed E-state index contributed by atoms with van der Waals surface area (Å²) in [6, 6.07) is 18.1. The smallest absolute Gasteiger partial charge is 0.290 e. The number of ether oxygens (including phenoxy) is 1. The van der Waals surface area contributed by atoms with Gasteiger partial charge in [0, 0.05) is 12.6 Å². The van der Waals surface area contributed by atoms with Gasteiger partial charge in [-0.3, -0.25) is 9.59 Å². The number of halogens is 1. The van der Waals surface area contributed by atoms with Crippen molar-refractivity contribution in [2.75, 3.05) is 6.54 Å². The molecule has 0 radical (unpaired) electrons.